The van der Waals surface area contributed by atoms with Gasteiger partial charge in [0.1, 0.15) is 5.92 Å². The molecule has 1 N–H and O–H groups in total. The average molecular weight is 209 g/mol. The fourth-order valence-corrected chi connectivity index (χ4v) is 1.28. The van der Waals surface area contributed by atoms with Crippen LogP contribution in [0.25, 0.3) is 0 Å². The normalized spacial score (nSPS) is 10.9. The van der Waals surface area contributed by atoms with Gasteiger partial charge < -0.3 is 0 Å². The number of benzene rings is 1. The Morgan fingerprint density at radius 3 is 1.94 bits per heavy atom. The van der Waals surface area contributed by atoms with Gasteiger partial charge in [-0.1, -0.05) is 12.1 Å². The first-order valence-electron chi connectivity index (χ1n) is 4.43. The number of hydrogen-bond acceptors (Lipinski definition) is 5. The lowest BCUT2D eigenvalue weighted by molar-refractivity contribution is 0.744. The predicted octanol–water partition coefficient (Wildman–Crippen LogP) is 2.62. The molecule has 0 amide bonds. The van der Waals surface area contributed by atoms with E-state index in [2.05, 4.69) is 5.11 Å². The Hall–Kier alpha value is -2.71. The van der Waals surface area contributed by atoms with E-state index in [-0.39, 0.29) is 0 Å². The summed E-state index contributed by atoms with van der Waals surface area (Å²) in [5.74, 6) is -1.75. The largest absolute Gasteiger partial charge is 0.204 e. The van der Waals surface area contributed by atoms with Gasteiger partial charge in [-0.3, -0.25) is 0 Å². The second kappa shape index (κ2) is 5.24. The third-order valence-corrected chi connectivity index (χ3v) is 2.13. The van der Waals surface area contributed by atoms with Crippen LogP contribution in [-0.2, 0) is 0 Å². The fourth-order valence-electron chi connectivity index (χ4n) is 1.28. The lowest BCUT2D eigenvalue weighted by Gasteiger charge is -2.08. The molecule has 5 heteroatoms. The molecule has 0 aromatic heterocycles. The van der Waals surface area contributed by atoms with Gasteiger partial charge in [-0.25, -0.2) is 5.53 Å². The number of nitrogens with zero attached hydrogens (tertiary/aromatic N) is 4. The highest BCUT2D eigenvalue weighted by molar-refractivity contribution is 5.41. The van der Waals surface area contributed by atoms with Crippen LogP contribution in [0.1, 0.15) is 11.5 Å². The van der Waals surface area contributed by atoms with Crippen LogP contribution in [0.4, 0.5) is 5.69 Å². The van der Waals surface area contributed by atoms with Crippen molar-refractivity contribution >= 4 is 5.69 Å². The van der Waals surface area contributed by atoms with Crippen LogP contribution in [0.2, 0.25) is 0 Å². The molecule has 0 saturated heterocycles. The highest BCUT2D eigenvalue weighted by atomic mass is 14.9. The van der Waals surface area contributed by atoms with E-state index in [0.717, 1.165) is 0 Å². The molecule has 1 unspecified atom stereocenters. The molecule has 16 heavy (non-hydrogen) atoms. The molecule has 0 fully saturated rings. The summed E-state index contributed by atoms with van der Waals surface area (Å²) < 4.78 is 0. The van der Waals surface area contributed by atoms with E-state index in [1.54, 1.807) is 36.4 Å². The summed E-state index contributed by atoms with van der Waals surface area (Å²) in [4.78, 5) is 0. The van der Waals surface area contributed by atoms with Crippen molar-refractivity contribution in [1.29, 1.82) is 21.3 Å². The van der Waals surface area contributed by atoms with Crippen LogP contribution in [-0.4, -0.2) is 0 Å². The Balaban J connectivity index is 3.07. The maximum atomic E-state index is 8.93. The van der Waals surface area contributed by atoms with E-state index in [9.17, 15) is 0 Å². The van der Waals surface area contributed by atoms with Crippen molar-refractivity contribution in [2.45, 2.75) is 5.92 Å². The van der Waals surface area contributed by atoms with Crippen molar-refractivity contribution in [1.82, 2.24) is 0 Å². The molecule has 0 aliphatic rings. The molecule has 1 rings (SSSR count). The van der Waals surface area contributed by atoms with Crippen molar-refractivity contribution in [3.05, 3.63) is 29.8 Å². The van der Waals surface area contributed by atoms with E-state index >= 15 is 0 Å². The van der Waals surface area contributed by atoms with Crippen molar-refractivity contribution in [2.75, 3.05) is 0 Å². The third-order valence-electron chi connectivity index (χ3n) is 2.13. The minimum atomic E-state index is -0.983. The molecule has 0 radical (unpaired) electrons. The van der Waals surface area contributed by atoms with Crippen molar-refractivity contribution in [2.24, 2.45) is 11.0 Å². The van der Waals surface area contributed by atoms with Crippen molar-refractivity contribution in [3.8, 4) is 18.2 Å². The topological polar surface area (TPSA) is 108 Å². The molecule has 76 valence electrons. The van der Waals surface area contributed by atoms with Gasteiger partial charge in [0.05, 0.1) is 23.9 Å². The molecule has 1 aromatic carbocycles. The van der Waals surface area contributed by atoms with Crippen LogP contribution in [0.15, 0.2) is 29.4 Å². The van der Waals surface area contributed by atoms with Crippen molar-refractivity contribution in [3.63, 3.8) is 0 Å². The lowest BCUT2D eigenvalue weighted by atomic mass is 9.89. The quantitative estimate of drug-likeness (QED) is 0.772. The molecule has 0 saturated carbocycles. The lowest BCUT2D eigenvalue weighted by Crippen LogP contribution is -2.07. The maximum Gasteiger partial charge on any atom is 0.153 e. The Morgan fingerprint density at radius 2 is 1.56 bits per heavy atom. The van der Waals surface area contributed by atoms with E-state index in [1.165, 1.54) is 0 Å². The Morgan fingerprint density at radius 1 is 1.00 bits per heavy atom. The molecule has 0 aliphatic carbocycles. The van der Waals surface area contributed by atoms with Crippen LogP contribution in [0, 0.1) is 45.4 Å². The fraction of sp³-hybridized carbons (Fsp3) is 0.182. The number of nitriles is 3. The first-order chi connectivity index (χ1) is 7.76. The van der Waals surface area contributed by atoms with E-state index in [4.69, 9.17) is 21.3 Å². The molecule has 0 spiro atoms. The zero-order valence-electron chi connectivity index (χ0n) is 8.25. The van der Waals surface area contributed by atoms with Gasteiger partial charge in [-0.2, -0.15) is 20.9 Å². The summed E-state index contributed by atoms with van der Waals surface area (Å²) in [7, 11) is 0. The molecule has 0 bridgehead atoms. The van der Waals surface area contributed by atoms with Crippen LogP contribution in [0.5, 0.6) is 0 Å². The summed E-state index contributed by atoms with van der Waals surface area (Å²) in [5, 5.41) is 29.6. The SMILES string of the molecule is N#CC(C#N)C(C#N)c1ccc(N=N)cc1. The Labute approximate surface area is 92.7 Å². The monoisotopic (exact) mass is 209 g/mol. The zero-order chi connectivity index (χ0) is 12.0. The van der Waals surface area contributed by atoms with Gasteiger partial charge >= 0.3 is 0 Å². The minimum Gasteiger partial charge on any atom is -0.204 e. The second-order valence-electron chi connectivity index (χ2n) is 3.05. The van der Waals surface area contributed by atoms with Gasteiger partial charge in [0, 0.05) is 0 Å². The van der Waals surface area contributed by atoms with Crippen LogP contribution >= 0.6 is 0 Å². The first kappa shape index (κ1) is 11.4. The third kappa shape index (κ3) is 2.20. The first-order valence-corrected chi connectivity index (χ1v) is 4.43. The van der Waals surface area contributed by atoms with Crippen LogP contribution < -0.4 is 0 Å². The second-order valence-corrected chi connectivity index (χ2v) is 3.05. The summed E-state index contributed by atoms with van der Waals surface area (Å²) in [6, 6.07) is 11.8. The maximum absolute atomic E-state index is 8.93. The Kier molecular flexibility index (Phi) is 3.72. The number of rotatable bonds is 3. The predicted molar refractivity (Wildman–Crippen MR) is 54.3 cm³/mol. The van der Waals surface area contributed by atoms with Gasteiger partial charge in [0.15, 0.2) is 5.92 Å². The van der Waals surface area contributed by atoms with E-state index in [0.29, 0.717) is 11.3 Å². The number of nitrogens with one attached hydrogen (secondary N) is 1. The van der Waals surface area contributed by atoms with Crippen LogP contribution in [0.3, 0.4) is 0 Å². The minimum absolute atomic E-state index is 0.464. The molecule has 1 aromatic rings. The van der Waals surface area contributed by atoms with Gasteiger partial charge in [0.25, 0.3) is 0 Å². The highest BCUT2D eigenvalue weighted by Gasteiger charge is 2.22. The molecular weight excluding hydrogens is 202 g/mol. The number of hydrogen-bond donors (Lipinski definition) is 1. The summed E-state index contributed by atoms with van der Waals surface area (Å²) >= 11 is 0. The summed E-state index contributed by atoms with van der Waals surface area (Å²) in [6.45, 7) is 0. The molecule has 5 nitrogen and oxygen atoms in total. The summed E-state index contributed by atoms with van der Waals surface area (Å²) in [5.41, 5.74) is 7.83. The smallest absolute Gasteiger partial charge is 0.153 e. The van der Waals surface area contributed by atoms with E-state index < -0.39 is 11.8 Å². The average Bonchev–Trinajstić information content (AvgIpc) is 2.36. The molecule has 0 heterocycles. The molecule has 0 aliphatic heterocycles. The van der Waals surface area contributed by atoms with Gasteiger partial charge in [0.2, 0.25) is 0 Å². The molecular formula is C11H7N5. The zero-order valence-corrected chi connectivity index (χ0v) is 8.25. The van der Waals surface area contributed by atoms with Gasteiger partial charge in [-0.15, -0.1) is 0 Å². The van der Waals surface area contributed by atoms with E-state index in [1.807, 2.05) is 6.07 Å². The summed E-state index contributed by atoms with van der Waals surface area (Å²) in [6.07, 6.45) is 0. The highest BCUT2D eigenvalue weighted by Crippen LogP contribution is 2.25. The van der Waals surface area contributed by atoms with Crippen molar-refractivity contribution < 1.29 is 0 Å². The molecule has 1 atom stereocenters. The standard InChI is InChI=1S/C11H7N5/c12-5-9(6-13)11(7-14)8-1-3-10(16-15)4-2-8/h1-4,9,11,15H. The Bertz CT molecular complexity index is 483. The van der Waals surface area contributed by atoms with Gasteiger partial charge in [-0.05, 0) is 17.7 Å².